The van der Waals surface area contributed by atoms with Crippen molar-refractivity contribution in [1.29, 1.82) is 0 Å². The average Bonchev–Trinajstić information content (AvgIpc) is 2.12. The normalized spacial score (nSPS) is 15.0. The van der Waals surface area contributed by atoms with Gasteiger partial charge in [0.25, 0.3) is 0 Å². The number of nitrogens with one attached hydrogen (secondary N) is 1. The molecule has 0 aliphatic rings. The van der Waals surface area contributed by atoms with Gasteiger partial charge in [-0.25, -0.2) is 4.39 Å². The summed E-state index contributed by atoms with van der Waals surface area (Å²) < 4.78 is 13.1. The van der Waals surface area contributed by atoms with E-state index in [-0.39, 0.29) is 5.02 Å². The molecular weight excluding hydrogens is 217 g/mol. The van der Waals surface area contributed by atoms with E-state index < -0.39 is 11.4 Å². The Bertz CT molecular complexity index is 341. The zero-order valence-electron chi connectivity index (χ0n) is 8.85. The van der Waals surface area contributed by atoms with Gasteiger partial charge in [0.1, 0.15) is 5.82 Å². The minimum Gasteiger partial charge on any atom is -0.389 e. The van der Waals surface area contributed by atoms with Crippen molar-refractivity contribution in [2.24, 2.45) is 0 Å². The third kappa shape index (κ3) is 3.45. The van der Waals surface area contributed by atoms with Gasteiger partial charge in [0.05, 0.1) is 10.6 Å². The first-order valence-electron chi connectivity index (χ1n) is 4.76. The zero-order chi connectivity index (χ0) is 11.5. The molecule has 0 aliphatic heterocycles. The first kappa shape index (κ1) is 12.4. The van der Waals surface area contributed by atoms with E-state index in [0.717, 1.165) is 0 Å². The lowest BCUT2D eigenvalue weighted by Crippen LogP contribution is -2.38. The molecule has 1 unspecified atom stereocenters. The van der Waals surface area contributed by atoms with Crippen molar-refractivity contribution in [3.8, 4) is 0 Å². The van der Waals surface area contributed by atoms with E-state index in [2.05, 4.69) is 5.32 Å². The number of hydrogen-bond donors (Lipinski definition) is 2. The predicted octanol–water partition coefficient (Wildman–Crippen LogP) is 1.99. The fourth-order valence-corrected chi connectivity index (χ4v) is 1.73. The monoisotopic (exact) mass is 231 g/mol. The molecule has 0 radical (unpaired) electrons. The van der Waals surface area contributed by atoms with E-state index >= 15 is 0 Å². The van der Waals surface area contributed by atoms with Crippen LogP contribution in [0.2, 0.25) is 5.02 Å². The number of benzene rings is 1. The van der Waals surface area contributed by atoms with Gasteiger partial charge in [0.15, 0.2) is 0 Å². The minimum absolute atomic E-state index is 0.0916. The molecule has 84 valence electrons. The van der Waals surface area contributed by atoms with Gasteiger partial charge in [-0.2, -0.15) is 0 Å². The molecule has 0 amide bonds. The Morgan fingerprint density at radius 3 is 2.80 bits per heavy atom. The van der Waals surface area contributed by atoms with Gasteiger partial charge < -0.3 is 10.4 Å². The molecule has 1 aromatic carbocycles. The molecule has 1 rings (SSSR count). The largest absolute Gasteiger partial charge is 0.389 e. The Labute approximate surface area is 94.1 Å². The lowest BCUT2D eigenvalue weighted by molar-refractivity contribution is 0.0622. The van der Waals surface area contributed by atoms with E-state index in [0.29, 0.717) is 18.5 Å². The Hall–Kier alpha value is -0.640. The van der Waals surface area contributed by atoms with E-state index in [1.54, 1.807) is 26.1 Å². The van der Waals surface area contributed by atoms with Gasteiger partial charge in [-0.05, 0) is 25.6 Å². The fourth-order valence-electron chi connectivity index (χ4n) is 1.54. The van der Waals surface area contributed by atoms with Crippen LogP contribution in [0.25, 0.3) is 0 Å². The van der Waals surface area contributed by atoms with E-state index in [1.807, 2.05) is 0 Å². The van der Waals surface area contributed by atoms with Crippen LogP contribution in [-0.2, 0) is 6.42 Å². The molecule has 0 saturated carbocycles. The van der Waals surface area contributed by atoms with Crippen LogP contribution in [-0.4, -0.2) is 24.3 Å². The summed E-state index contributed by atoms with van der Waals surface area (Å²) in [5, 5.41) is 12.9. The van der Waals surface area contributed by atoms with Crippen molar-refractivity contribution in [2.45, 2.75) is 18.9 Å². The highest BCUT2D eigenvalue weighted by Gasteiger charge is 2.21. The Morgan fingerprint density at radius 1 is 1.53 bits per heavy atom. The van der Waals surface area contributed by atoms with Crippen LogP contribution in [0.1, 0.15) is 12.5 Å². The molecule has 0 saturated heterocycles. The molecule has 0 spiro atoms. The van der Waals surface area contributed by atoms with Gasteiger partial charge >= 0.3 is 0 Å². The van der Waals surface area contributed by atoms with Crippen molar-refractivity contribution in [1.82, 2.24) is 5.32 Å². The van der Waals surface area contributed by atoms with Crippen LogP contribution in [0.15, 0.2) is 18.2 Å². The number of hydrogen-bond acceptors (Lipinski definition) is 2. The first-order chi connectivity index (χ1) is 6.96. The van der Waals surface area contributed by atoms with Crippen LogP contribution in [0.4, 0.5) is 4.39 Å². The minimum atomic E-state index is -0.924. The number of aliphatic hydroxyl groups is 1. The molecule has 0 fully saturated rings. The van der Waals surface area contributed by atoms with Crippen LogP contribution >= 0.6 is 11.6 Å². The Kier molecular flexibility index (Phi) is 4.08. The molecular formula is C11H15ClFNO. The third-order valence-corrected chi connectivity index (χ3v) is 2.58. The molecule has 0 aromatic heterocycles. The predicted molar refractivity (Wildman–Crippen MR) is 59.7 cm³/mol. The second-order valence-electron chi connectivity index (χ2n) is 3.92. The van der Waals surface area contributed by atoms with E-state index in [4.69, 9.17) is 11.6 Å². The second-order valence-corrected chi connectivity index (χ2v) is 4.29. The van der Waals surface area contributed by atoms with Crippen LogP contribution in [0, 0.1) is 5.82 Å². The summed E-state index contributed by atoms with van der Waals surface area (Å²) in [6, 6.07) is 4.61. The maximum absolute atomic E-state index is 13.1. The van der Waals surface area contributed by atoms with Crippen molar-refractivity contribution in [3.05, 3.63) is 34.6 Å². The van der Waals surface area contributed by atoms with E-state index in [1.165, 1.54) is 6.07 Å². The lowest BCUT2D eigenvalue weighted by atomic mass is 9.96. The summed E-state index contributed by atoms with van der Waals surface area (Å²) >= 11 is 5.79. The van der Waals surface area contributed by atoms with Gasteiger partial charge in [0, 0.05) is 13.0 Å². The summed E-state index contributed by atoms with van der Waals surface area (Å²) in [5.74, 6) is -0.450. The smallest absolute Gasteiger partial charge is 0.142 e. The number of likely N-dealkylation sites (N-methyl/N-ethyl adjacent to an activating group) is 1. The fraction of sp³-hybridized carbons (Fsp3) is 0.455. The Balaban J connectivity index is 2.85. The van der Waals surface area contributed by atoms with Crippen molar-refractivity contribution >= 4 is 11.6 Å². The van der Waals surface area contributed by atoms with Crippen LogP contribution in [0.5, 0.6) is 0 Å². The molecule has 0 aliphatic carbocycles. The molecule has 1 atom stereocenters. The molecule has 15 heavy (non-hydrogen) atoms. The third-order valence-electron chi connectivity index (χ3n) is 2.16. The molecule has 1 aromatic rings. The Morgan fingerprint density at radius 2 is 2.20 bits per heavy atom. The molecule has 2 nitrogen and oxygen atoms in total. The van der Waals surface area contributed by atoms with Gasteiger partial charge in [-0.15, -0.1) is 0 Å². The standard InChI is InChI=1S/C11H15ClFNO/c1-11(15,7-14-2)6-8-4-3-5-9(13)10(8)12/h3-5,14-15H,6-7H2,1-2H3. The maximum Gasteiger partial charge on any atom is 0.142 e. The van der Waals surface area contributed by atoms with Crippen LogP contribution < -0.4 is 5.32 Å². The maximum atomic E-state index is 13.1. The molecule has 4 heteroatoms. The molecule has 0 heterocycles. The summed E-state index contributed by atoms with van der Waals surface area (Å²) in [6.07, 6.45) is 0.324. The van der Waals surface area contributed by atoms with Gasteiger partial charge in [0.2, 0.25) is 0 Å². The first-order valence-corrected chi connectivity index (χ1v) is 5.14. The summed E-state index contributed by atoms with van der Waals surface area (Å²) in [6.45, 7) is 2.12. The highest BCUT2D eigenvalue weighted by Crippen LogP contribution is 2.23. The topological polar surface area (TPSA) is 32.3 Å². The van der Waals surface area contributed by atoms with Crippen molar-refractivity contribution in [2.75, 3.05) is 13.6 Å². The van der Waals surface area contributed by atoms with E-state index in [9.17, 15) is 9.50 Å². The second kappa shape index (κ2) is 4.92. The molecule has 0 bridgehead atoms. The zero-order valence-corrected chi connectivity index (χ0v) is 9.61. The lowest BCUT2D eigenvalue weighted by Gasteiger charge is -2.23. The summed E-state index contributed by atoms with van der Waals surface area (Å²) in [5.41, 5.74) is -0.302. The van der Waals surface area contributed by atoms with Crippen molar-refractivity contribution < 1.29 is 9.50 Å². The summed E-state index contributed by atoms with van der Waals surface area (Å²) in [4.78, 5) is 0. The average molecular weight is 232 g/mol. The number of halogens is 2. The highest BCUT2D eigenvalue weighted by molar-refractivity contribution is 6.31. The SMILES string of the molecule is CNCC(C)(O)Cc1cccc(F)c1Cl. The molecule has 2 N–H and O–H groups in total. The van der Waals surface area contributed by atoms with Gasteiger partial charge in [-0.1, -0.05) is 23.7 Å². The van der Waals surface area contributed by atoms with Crippen LogP contribution in [0.3, 0.4) is 0 Å². The quantitative estimate of drug-likeness (QED) is 0.831. The number of rotatable bonds is 4. The van der Waals surface area contributed by atoms with Gasteiger partial charge in [-0.3, -0.25) is 0 Å². The highest BCUT2D eigenvalue weighted by atomic mass is 35.5. The van der Waals surface area contributed by atoms with Crippen molar-refractivity contribution in [3.63, 3.8) is 0 Å². The summed E-state index contributed by atoms with van der Waals surface area (Å²) in [7, 11) is 1.75.